The van der Waals surface area contributed by atoms with Crippen LogP contribution in [0.1, 0.15) is 0 Å². The Kier molecular flexibility index (Phi) is 3.62. The maximum absolute atomic E-state index is 13.4. The van der Waals surface area contributed by atoms with E-state index in [1.54, 1.807) is 24.4 Å². The molecule has 1 aromatic heterocycles. The fourth-order valence-corrected chi connectivity index (χ4v) is 2.42. The molecule has 0 bridgehead atoms. The molecule has 0 radical (unpaired) electrons. The van der Waals surface area contributed by atoms with E-state index in [1.807, 2.05) is 12.1 Å². The number of H-pyrrole nitrogens is 1. The lowest BCUT2D eigenvalue weighted by atomic mass is 10.0. The molecule has 4 heteroatoms. The molecule has 1 nitrogen and oxygen atoms in total. The van der Waals surface area contributed by atoms with Crippen LogP contribution in [0, 0.1) is 16.3 Å². The second kappa shape index (κ2) is 5.58. The van der Waals surface area contributed by atoms with Crippen LogP contribution in [0.2, 0.25) is 0 Å². The third kappa shape index (κ3) is 2.90. The molecule has 0 aliphatic carbocycles. The molecule has 0 amide bonds. The van der Waals surface area contributed by atoms with Gasteiger partial charge in [0.05, 0.1) is 0 Å². The zero-order valence-electron chi connectivity index (χ0n) is 10.9. The number of halogens is 2. The van der Waals surface area contributed by atoms with Crippen LogP contribution >= 0.6 is 12.2 Å². The lowest BCUT2D eigenvalue weighted by Crippen LogP contribution is -1.88. The maximum atomic E-state index is 13.4. The van der Waals surface area contributed by atoms with Crippen LogP contribution in [-0.2, 0) is 0 Å². The number of rotatable bonds is 2. The van der Waals surface area contributed by atoms with Crippen molar-refractivity contribution in [2.24, 2.45) is 0 Å². The van der Waals surface area contributed by atoms with Crippen molar-refractivity contribution in [3.8, 4) is 22.3 Å². The highest BCUT2D eigenvalue weighted by Crippen LogP contribution is 2.27. The van der Waals surface area contributed by atoms with Crippen LogP contribution in [0.25, 0.3) is 22.3 Å². The molecule has 104 valence electrons. The molecule has 0 saturated heterocycles. The Morgan fingerprint density at radius 2 is 1.38 bits per heavy atom. The normalized spacial score (nSPS) is 10.6. The molecular formula is C17H11F2NS. The molecular weight excluding hydrogens is 288 g/mol. The van der Waals surface area contributed by atoms with Gasteiger partial charge < -0.3 is 4.98 Å². The van der Waals surface area contributed by atoms with Crippen molar-refractivity contribution in [1.82, 2.24) is 4.98 Å². The molecule has 3 rings (SSSR count). The van der Waals surface area contributed by atoms with E-state index >= 15 is 0 Å². The van der Waals surface area contributed by atoms with Gasteiger partial charge in [-0.15, -0.1) is 0 Å². The molecule has 0 spiro atoms. The van der Waals surface area contributed by atoms with Crippen molar-refractivity contribution in [3.63, 3.8) is 0 Å². The van der Waals surface area contributed by atoms with Gasteiger partial charge in [0.1, 0.15) is 16.3 Å². The van der Waals surface area contributed by atoms with Gasteiger partial charge in [0.2, 0.25) is 0 Å². The average Bonchev–Trinajstić information content (AvgIpc) is 2.47. The first-order chi connectivity index (χ1) is 10.1. The van der Waals surface area contributed by atoms with E-state index < -0.39 is 0 Å². The van der Waals surface area contributed by atoms with Gasteiger partial charge in [-0.05, 0) is 47.0 Å². The Labute approximate surface area is 125 Å². The summed E-state index contributed by atoms with van der Waals surface area (Å²) in [5.41, 5.74) is 2.93. The van der Waals surface area contributed by atoms with Crippen molar-refractivity contribution in [2.75, 3.05) is 0 Å². The highest BCUT2D eigenvalue weighted by Gasteiger charge is 2.06. The van der Waals surface area contributed by atoms with Crippen LogP contribution in [0.4, 0.5) is 8.78 Å². The van der Waals surface area contributed by atoms with Crippen LogP contribution in [0.3, 0.4) is 0 Å². The Morgan fingerprint density at radius 3 is 2.05 bits per heavy atom. The van der Waals surface area contributed by atoms with Crippen molar-refractivity contribution in [1.29, 1.82) is 0 Å². The van der Waals surface area contributed by atoms with E-state index in [0.717, 1.165) is 11.1 Å². The summed E-state index contributed by atoms with van der Waals surface area (Å²) in [6.07, 6.45) is 1.72. The van der Waals surface area contributed by atoms with Crippen LogP contribution in [0.5, 0.6) is 0 Å². The van der Waals surface area contributed by atoms with Gasteiger partial charge in [0.15, 0.2) is 0 Å². The van der Waals surface area contributed by atoms with E-state index in [-0.39, 0.29) is 11.6 Å². The van der Waals surface area contributed by atoms with E-state index in [2.05, 4.69) is 4.98 Å². The van der Waals surface area contributed by atoms with E-state index in [4.69, 9.17) is 12.2 Å². The van der Waals surface area contributed by atoms with Crippen LogP contribution < -0.4 is 0 Å². The quantitative estimate of drug-likeness (QED) is 0.630. The molecule has 0 aliphatic heterocycles. The number of pyridine rings is 1. The molecule has 2 aromatic carbocycles. The molecule has 1 N–H and O–H groups in total. The standard InChI is InChI=1S/C17H11F2NS/c18-14-5-1-3-11(7-14)13-9-16(17(21)20-10-13)12-4-2-6-15(19)8-12/h1-10H,(H,20,21). The van der Waals surface area contributed by atoms with Crippen molar-refractivity contribution < 1.29 is 8.78 Å². The number of hydrogen-bond donors (Lipinski definition) is 1. The van der Waals surface area contributed by atoms with E-state index in [0.29, 0.717) is 15.8 Å². The fraction of sp³-hybridized carbons (Fsp3) is 0. The minimum absolute atomic E-state index is 0.303. The highest BCUT2D eigenvalue weighted by atomic mass is 32.1. The van der Waals surface area contributed by atoms with E-state index in [9.17, 15) is 8.78 Å². The molecule has 1 heterocycles. The first kappa shape index (κ1) is 13.6. The minimum Gasteiger partial charge on any atom is -0.352 e. The zero-order chi connectivity index (χ0) is 14.8. The Hall–Kier alpha value is -2.33. The summed E-state index contributed by atoms with van der Waals surface area (Å²) in [6, 6.07) is 14.4. The Bertz CT molecular complexity index is 855. The number of benzene rings is 2. The second-order valence-electron chi connectivity index (χ2n) is 4.65. The first-order valence-corrected chi connectivity index (χ1v) is 6.79. The topological polar surface area (TPSA) is 15.8 Å². The number of nitrogens with one attached hydrogen (secondary N) is 1. The van der Waals surface area contributed by atoms with Gasteiger partial charge in [-0.1, -0.05) is 36.5 Å². The monoisotopic (exact) mass is 299 g/mol. The summed E-state index contributed by atoms with van der Waals surface area (Å²) in [4.78, 5) is 2.97. The molecule has 0 fully saturated rings. The third-order valence-electron chi connectivity index (χ3n) is 3.20. The molecule has 0 saturated carbocycles. The Morgan fingerprint density at radius 1 is 0.762 bits per heavy atom. The first-order valence-electron chi connectivity index (χ1n) is 6.38. The van der Waals surface area contributed by atoms with Gasteiger partial charge in [0.25, 0.3) is 0 Å². The number of aromatic amines is 1. The van der Waals surface area contributed by atoms with Gasteiger partial charge in [-0.25, -0.2) is 8.78 Å². The van der Waals surface area contributed by atoms with Crippen LogP contribution in [-0.4, -0.2) is 4.98 Å². The summed E-state index contributed by atoms with van der Waals surface area (Å²) in [5, 5.41) is 0. The predicted octanol–water partition coefficient (Wildman–Crippen LogP) is 5.36. The lowest BCUT2D eigenvalue weighted by Gasteiger charge is -2.07. The third-order valence-corrected chi connectivity index (χ3v) is 3.53. The molecule has 3 aromatic rings. The van der Waals surface area contributed by atoms with Crippen molar-refractivity contribution >= 4 is 12.2 Å². The second-order valence-corrected chi connectivity index (χ2v) is 5.06. The fourth-order valence-electron chi connectivity index (χ4n) is 2.19. The smallest absolute Gasteiger partial charge is 0.123 e. The SMILES string of the molecule is Fc1cccc(-c2c[nH]c(=S)c(-c3cccc(F)c3)c2)c1. The summed E-state index contributed by atoms with van der Waals surface area (Å²) in [6.45, 7) is 0. The Balaban J connectivity index is 2.15. The average molecular weight is 299 g/mol. The molecule has 21 heavy (non-hydrogen) atoms. The lowest BCUT2D eigenvalue weighted by molar-refractivity contribution is 0.628. The van der Waals surface area contributed by atoms with Gasteiger partial charge in [0, 0.05) is 11.8 Å². The van der Waals surface area contributed by atoms with E-state index in [1.165, 1.54) is 24.3 Å². The minimum atomic E-state index is -0.321. The summed E-state index contributed by atoms with van der Waals surface area (Å²) >= 11 is 5.26. The molecule has 0 atom stereocenters. The maximum Gasteiger partial charge on any atom is 0.123 e. The summed E-state index contributed by atoms with van der Waals surface area (Å²) < 4.78 is 27.2. The van der Waals surface area contributed by atoms with Crippen LogP contribution in [0.15, 0.2) is 60.8 Å². The highest BCUT2D eigenvalue weighted by molar-refractivity contribution is 7.71. The molecule has 0 unspecified atom stereocenters. The largest absolute Gasteiger partial charge is 0.352 e. The number of aromatic nitrogens is 1. The van der Waals surface area contributed by atoms with Crippen molar-refractivity contribution in [3.05, 3.63) is 77.1 Å². The molecule has 0 aliphatic rings. The zero-order valence-corrected chi connectivity index (χ0v) is 11.8. The van der Waals surface area contributed by atoms with Gasteiger partial charge in [-0.3, -0.25) is 0 Å². The van der Waals surface area contributed by atoms with Gasteiger partial charge in [-0.2, -0.15) is 0 Å². The summed E-state index contributed by atoms with van der Waals surface area (Å²) in [5.74, 6) is -0.625. The predicted molar refractivity (Wildman–Crippen MR) is 82.4 cm³/mol. The van der Waals surface area contributed by atoms with Gasteiger partial charge >= 0.3 is 0 Å². The van der Waals surface area contributed by atoms with Crippen molar-refractivity contribution in [2.45, 2.75) is 0 Å². The number of hydrogen-bond acceptors (Lipinski definition) is 1. The summed E-state index contributed by atoms with van der Waals surface area (Å²) in [7, 11) is 0.